The Morgan fingerprint density at radius 3 is 2.33 bits per heavy atom. The van der Waals surface area contributed by atoms with E-state index in [2.05, 4.69) is 33.8 Å². The number of benzene rings is 3. The number of rotatable bonds is 8. The molecule has 5 nitrogen and oxygen atoms in total. The molecule has 3 N–H and O–H groups in total. The molecule has 1 heterocycles. The molecule has 1 aromatic heterocycles. The number of aromatic amines is 1. The van der Waals surface area contributed by atoms with E-state index in [4.69, 9.17) is 0 Å². The Morgan fingerprint density at radius 1 is 0.909 bits per heavy atom. The molecule has 5 heteroatoms. The largest absolute Gasteiger partial charge is 0.361 e. The van der Waals surface area contributed by atoms with Crippen molar-refractivity contribution in [2.45, 2.75) is 18.9 Å². The number of amides is 2. The van der Waals surface area contributed by atoms with Crippen LogP contribution in [0.5, 0.6) is 0 Å². The highest BCUT2D eigenvalue weighted by atomic mass is 16.2. The van der Waals surface area contributed by atoms with E-state index in [0.29, 0.717) is 6.54 Å². The fourth-order valence-corrected chi connectivity index (χ4v) is 3.89. The lowest BCUT2D eigenvalue weighted by Gasteiger charge is -2.20. The number of carbonyl (C=O) groups excluding carboxylic acids is 2. The van der Waals surface area contributed by atoms with E-state index in [1.165, 1.54) is 6.08 Å². The van der Waals surface area contributed by atoms with Gasteiger partial charge in [0.1, 0.15) is 6.04 Å². The maximum absolute atomic E-state index is 12.8. The lowest BCUT2D eigenvalue weighted by molar-refractivity contribution is -0.126. The normalized spacial score (nSPS) is 13.0. The zero-order chi connectivity index (χ0) is 23.0. The summed E-state index contributed by atoms with van der Waals surface area (Å²) in [6.07, 6.45) is 5.17. The standard InChI is InChI=1S/C28H27N3O2/c1-20(31-27(32)17-16-21-10-4-2-5-11-21)28(33)30-18-24(22-12-6-3-7-13-22)25-19-29-26-15-9-8-14-23(25)26/h2-17,19-20,24,29H,18H2,1H3,(H,30,33)(H,31,32)/b17-16+. The number of para-hydroxylation sites is 1. The van der Waals surface area contributed by atoms with Crippen molar-refractivity contribution in [2.24, 2.45) is 0 Å². The molecule has 0 aliphatic carbocycles. The summed E-state index contributed by atoms with van der Waals surface area (Å²) in [4.78, 5) is 28.3. The van der Waals surface area contributed by atoms with Gasteiger partial charge in [0.25, 0.3) is 0 Å². The third-order valence-corrected chi connectivity index (χ3v) is 5.66. The molecule has 0 radical (unpaired) electrons. The summed E-state index contributed by atoms with van der Waals surface area (Å²) in [7, 11) is 0. The van der Waals surface area contributed by atoms with Crippen LogP contribution in [0.25, 0.3) is 17.0 Å². The van der Waals surface area contributed by atoms with Crippen molar-refractivity contribution in [3.8, 4) is 0 Å². The predicted octanol–water partition coefficient (Wildman–Crippen LogP) is 4.63. The van der Waals surface area contributed by atoms with Crippen LogP contribution in [-0.2, 0) is 9.59 Å². The van der Waals surface area contributed by atoms with Crippen molar-refractivity contribution in [1.29, 1.82) is 0 Å². The first-order valence-corrected chi connectivity index (χ1v) is 11.0. The minimum Gasteiger partial charge on any atom is -0.361 e. The van der Waals surface area contributed by atoms with Gasteiger partial charge in [-0.25, -0.2) is 0 Å². The van der Waals surface area contributed by atoms with Gasteiger partial charge in [0.15, 0.2) is 0 Å². The van der Waals surface area contributed by atoms with Gasteiger partial charge in [0.05, 0.1) is 0 Å². The van der Waals surface area contributed by atoms with E-state index >= 15 is 0 Å². The Labute approximate surface area is 193 Å². The average molecular weight is 438 g/mol. The van der Waals surface area contributed by atoms with Gasteiger partial charge in [-0.15, -0.1) is 0 Å². The first kappa shape index (κ1) is 22.1. The van der Waals surface area contributed by atoms with Gasteiger partial charge in [-0.05, 0) is 35.8 Å². The maximum Gasteiger partial charge on any atom is 0.244 e. The molecule has 4 aromatic rings. The van der Waals surface area contributed by atoms with Gasteiger partial charge in [-0.1, -0.05) is 78.9 Å². The molecular weight excluding hydrogens is 410 g/mol. The van der Waals surface area contributed by atoms with Crippen LogP contribution >= 0.6 is 0 Å². The first-order valence-electron chi connectivity index (χ1n) is 11.0. The van der Waals surface area contributed by atoms with Crippen LogP contribution in [0.1, 0.15) is 29.5 Å². The smallest absolute Gasteiger partial charge is 0.244 e. The van der Waals surface area contributed by atoms with Crippen LogP contribution in [0.4, 0.5) is 0 Å². The zero-order valence-corrected chi connectivity index (χ0v) is 18.5. The minimum absolute atomic E-state index is 0.0211. The van der Waals surface area contributed by atoms with Crippen LogP contribution in [0, 0.1) is 0 Å². The van der Waals surface area contributed by atoms with E-state index in [-0.39, 0.29) is 17.7 Å². The molecule has 2 unspecified atom stereocenters. The molecule has 0 bridgehead atoms. The second kappa shape index (κ2) is 10.5. The van der Waals surface area contributed by atoms with Crippen molar-refractivity contribution in [3.63, 3.8) is 0 Å². The summed E-state index contributed by atoms with van der Waals surface area (Å²) in [6, 6.07) is 27.2. The summed E-state index contributed by atoms with van der Waals surface area (Å²) in [5.74, 6) is -0.554. The van der Waals surface area contributed by atoms with Crippen LogP contribution in [0.3, 0.4) is 0 Å². The van der Waals surface area contributed by atoms with E-state index in [1.54, 1.807) is 13.0 Å². The molecule has 2 amide bonds. The van der Waals surface area contributed by atoms with E-state index in [0.717, 1.165) is 27.6 Å². The summed E-state index contributed by atoms with van der Waals surface area (Å²) in [5, 5.41) is 6.89. The minimum atomic E-state index is -0.655. The summed E-state index contributed by atoms with van der Waals surface area (Å²) in [5.41, 5.74) is 4.23. The van der Waals surface area contributed by atoms with E-state index < -0.39 is 6.04 Å². The van der Waals surface area contributed by atoms with Gasteiger partial charge in [0, 0.05) is 35.6 Å². The Kier molecular flexibility index (Phi) is 7.00. The molecule has 0 fully saturated rings. The van der Waals surface area contributed by atoms with Crippen molar-refractivity contribution < 1.29 is 9.59 Å². The number of aromatic nitrogens is 1. The lowest BCUT2D eigenvalue weighted by atomic mass is 9.91. The van der Waals surface area contributed by atoms with Crippen molar-refractivity contribution in [1.82, 2.24) is 15.6 Å². The Balaban J connectivity index is 1.42. The summed E-state index contributed by atoms with van der Waals surface area (Å²) < 4.78 is 0. The molecule has 4 rings (SSSR count). The number of nitrogens with one attached hydrogen (secondary N) is 3. The molecule has 3 aromatic carbocycles. The van der Waals surface area contributed by atoms with Crippen LogP contribution in [0.15, 0.2) is 97.2 Å². The van der Waals surface area contributed by atoms with Crippen molar-refractivity contribution in [3.05, 3.63) is 114 Å². The first-order chi connectivity index (χ1) is 16.1. The topological polar surface area (TPSA) is 74.0 Å². The van der Waals surface area contributed by atoms with Gasteiger partial charge in [0.2, 0.25) is 11.8 Å². The number of hydrogen-bond acceptors (Lipinski definition) is 2. The van der Waals surface area contributed by atoms with Gasteiger partial charge in [-0.3, -0.25) is 9.59 Å². The highest BCUT2D eigenvalue weighted by molar-refractivity contribution is 5.95. The highest BCUT2D eigenvalue weighted by Gasteiger charge is 2.21. The molecule has 0 aliphatic heterocycles. The second-order valence-corrected chi connectivity index (χ2v) is 7.97. The number of hydrogen-bond donors (Lipinski definition) is 3. The summed E-state index contributed by atoms with van der Waals surface area (Å²) >= 11 is 0. The number of H-pyrrole nitrogens is 1. The molecule has 0 saturated heterocycles. The Bertz CT molecular complexity index is 1250. The Hall–Kier alpha value is -4.12. The lowest BCUT2D eigenvalue weighted by Crippen LogP contribution is -2.45. The number of carbonyl (C=O) groups is 2. The average Bonchev–Trinajstić information content (AvgIpc) is 3.28. The second-order valence-electron chi connectivity index (χ2n) is 7.97. The van der Waals surface area contributed by atoms with Crippen LogP contribution < -0.4 is 10.6 Å². The predicted molar refractivity (Wildman–Crippen MR) is 133 cm³/mol. The fraction of sp³-hybridized carbons (Fsp3) is 0.143. The van der Waals surface area contributed by atoms with E-state index in [9.17, 15) is 9.59 Å². The molecule has 166 valence electrons. The van der Waals surface area contributed by atoms with Gasteiger partial charge in [-0.2, -0.15) is 0 Å². The third kappa shape index (κ3) is 5.57. The van der Waals surface area contributed by atoms with E-state index in [1.807, 2.05) is 72.9 Å². The molecular formula is C28H27N3O2. The van der Waals surface area contributed by atoms with Crippen molar-refractivity contribution >= 4 is 28.8 Å². The molecule has 33 heavy (non-hydrogen) atoms. The third-order valence-electron chi connectivity index (χ3n) is 5.66. The van der Waals surface area contributed by atoms with Crippen LogP contribution in [0.2, 0.25) is 0 Å². The SMILES string of the molecule is CC(NC(=O)/C=C/c1ccccc1)C(=O)NCC(c1ccccc1)c1c[nH]c2ccccc12. The molecule has 0 saturated carbocycles. The van der Waals surface area contributed by atoms with Crippen LogP contribution in [-0.4, -0.2) is 29.4 Å². The number of fused-ring (bicyclic) bond motifs is 1. The summed E-state index contributed by atoms with van der Waals surface area (Å²) in [6.45, 7) is 2.11. The maximum atomic E-state index is 12.8. The quantitative estimate of drug-likeness (QED) is 0.352. The highest BCUT2D eigenvalue weighted by Crippen LogP contribution is 2.30. The fourth-order valence-electron chi connectivity index (χ4n) is 3.89. The Morgan fingerprint density at radius 2 is 1.58 bits per heavy atom. The molecule has 2 atom stereocenters. The van der Waals surface area contributed by atoms with Gasteiger partial charge < -0.3 is 15.6 Å². The zero-order valence-electron chi connectivity index (χ0n) is 18.5. The van der Waals surface area contributed by atoms with Gasteiger partial charge >= 0.3 is 0 Å². The van der Waals surface area contributed by atoms with Crippen molar-refractivity contribution in [2.75, 3.05) is 6.54 Å². The molecule has 0 spiro atoms. The monoisotopic (exact) mass is 437 g/mol. The molecule has 0 aliphatic rings.